The predicted molar refractivity (Wildman–Crippen MR) is 72.2 cm³/mol. The molecule has 7 heteroatoms. The fourth-order valence-electron chi connectivity index (χ4n) is 1.27. The molecular formula is C11H14BrN3O3. The number of hydrogen-bond donors (Lipinski definition) is 2. The first kappa shape index (κ1) is 14.3. The molecule has 0 atom stereocenters. The van der Waals surface area contributed by atoms with E-state index in [1.165, 1.54) is 6.21 Å². The normalized spacial score (nSPS) is 10.4. The molecule has 1 aromatic carbocycles. The Kier molecular flexibility index (Phi) is 5.44. The van der Waals surface area contributed by atoms with Crippen LogP contribution < -0.4 is 20.6 Å². The number of nitrogens with two attached hydrogens (primary N) is 1. The van der Waals surface area contributed by atoms with Crippen molar-refractivity contribution in [3.63, 3.8) is 0 Å². The molecule has 0 radical (unpaired) electrons. The summed E-state index contributed by atoms with van der Waals surface area (Å²) in [5.74, 6) is 1.20. The number of urea groups is 1. The van der Waals surface area contributed by atoms with Crippen LogP contribution in [0.3, 0.4) is 0 Å². The third kappa shape index (κ3) is 3.92. The van der Waals surface area contributed by atoms with Gasteiger partial charge in [0.25, 0.3) is 0 Å². The first-order valence-electron chi connectivity index (χ1n) is 5.17. The van der Waals surface area contributed by atoms with Gasteiger partial charge in [-0.05, 0) is 40.5 Å². The number of carbonyl (C=O) groups is 1. The van der Waals surface area contributed by atoms with E-state index in [1.54, 1.807) is 19.2 Å². The molecule has 98 valence electrons. The van der Waals surface area contributed by atoms with Gasteiger partial charge >= 0.3 is 6.03 Å². The molecule has 0 aliphatic carbocycles. The second kappa shape index (κ2) is 6.85. The fraction of sp³-hybridized carbons (Fsp3) is 0.273. The van der Waals surface area contributed by atoms with Crippen molar-refractivity contribution in [1.82, 2.24) is 5.43 Å². The number of methoxy groups -OCH3 is 1. The van der Waals surface area contributed by atoms with E-state index in [2.05, 4.69) is 26.5 Å². The van der Waals surface area contributed by atoms with Crippen molar-refractivity contribution in [3.8, 4) is 11.5 Å². The number of carbonyl (C=O) groups excluding carboxylic acids is 1. The van der Waals surface area contributed by atoms with Gasteiger partial charge in [0.2, 0.25) is 0 Å². The minimum Gasteiger partial charge on any atom is -0.493 e. The third-order valence-corrected chi connectivity index (χ3v) is 2.52. The highest BCUT2D eigenvalue weighted by molar-refractivity contribution is 9.10. The number of nitrogens with one attached hydrogen (secondary N) is 1. The second-order valence-corrected chi connectivity index (χ2v) is 4.06. The Balaban J connectivity index is 2.99. The molecule has 0 bridgehead atoms. The van der Waals surface area contributed by atoms with Gasteiger partial charge in [-0.25, -0.2) is 10.2 Å². The van der Waals surface area contributed by atoms with Gasteiger partial charge in [0.1, 0.15) is 0 Å². The van der Waals surface area contributed by atoms with Crippen LogP contribution in [0.5, 0.6) is 11.5 Å². The molecule has 18 heavy (non-hydrogen) atoms. The quantitative estimate of drug-likeness (QED) is 0.642. The van der Waals surface area contributed by atoms with Gasteiger partial charge in [0.05, 0.1) is 24.4 Å². The molecule has 0 heterocycles. The highest BCUT2D eigenvalue weighted by Gasteiger charge is 2.10. The first-order valence-corrected chi connectivity index (χ1v) is 5.96. The number of hydrazone groups is 1. The molecular weight excluding hydrogens is 302 g/mol. The summed E-state index contributed by atoms with van der Waals surface area (Å²) >= 11 is 3.38. The summed E-state index contributed by atoms with van der Waals surface area (Å²) in [6, 6.07) is 2.81. The SMILES string of the molecule is CCOc1c(Br)cc(/C=N\NC(N)=O)cc1OC. The summed E-state index contributed by atoms with van der Waals surface area (Å²) in [6.07, 6.45) is 1.45. The molecule has 1 aromatic rings. The van der Waals surface area contributed by atoms with Crippen LogP contribution in [0.25, 0.3) is 0 Å². The molecule has 2 amide bonds. The zero-order chi connectivity index (χ0) is 13.5. The minimum absolute atomic E-state index is 0.533. The van der Waals surface area contributed by atoms with Crippen molar-refractivity contribution in [2.45, 2.75) is 6.92 Å². The first-order chi connectivity index (χ1) is 8.58. The van der Waals surface area contributed by atoms with Crippen molar-refractivity contribution < 1.29 is 14.3 Å². The molecule has 0 saturated heterocycles. The topological polar surface area (TPSA) is 85.9 Å². The third-order valence-electron chi connectivity index (χ3n) is 1.93. The van der Waals surface area contributed by atoms with Crippen molar-refractivity contribution in [1.29, 1.82) is 0 Å². The van der Waals surface area contributed by atoms with Gasteiger partial charge in [-0.1, -0.05) is 0 Å². The molecule has 3 N–H and O–H groups in total. The van der Waals surface area contributed by atoms with Gasteiger partial charge in [0, 0.05) is 0 Å². The van der Waals surface area contributed by atoms with Crippen LogP contribution in [0, 0.1) is 0 Å². The summed E-state index contributed by atoms with van der Waals surface area (Å²) in [5.41, 5.74) is 7.73. The Morgan fingerprint density at radius 1 is 1.61 bits per heavy atom. The van der Waals surface area contributed by atoms with E-state index in [0.717, 1.165) is 10.0 Å². The smallest absolute Gasteiger partial charge is 0.332 e. The van der Waals surface area contributed by atoms with Gasteiger partial charge < -0.3 is 15.2 Å². The van der Waals surface area contributed by atoms with Crippen LogP contribution in [-0.4, -0.2) is 26.0 Å². The summed E-state index contributed by atoms with van der Waals surface area (Å²) in [6.45, 7) is 2.42. The molecule has 0 unspecified atom stereocenters. The second-order valence-electron chi connectivity index (χ2n) is 3.20. The van der Waals surface area contributed by atoms with Crippen LogP contribution in [-0.2, 0) is 0 Å². The number of hydrogen-bond acceptors (Lipinski definition) is 4. The zero-order valence-electron chi connectivity index (χ0n) is 10.1. The van der Waals surface area contributed by atoms with E-state index in [1.807, 2.05) is 6.92 Å². The number of benzene rings is 1. The number of nitrogens with zero attached hydrogens (tertiary/aromatic N) is 1. The van der Waals surface area contributed by atoms with Gasteiger partial charge in [-0.2, -0.15) is 5.10 Å². The molecule has 1 rings (SSSR count). The number of halogens is 1. The van der Waals surface area contributed by atoms with E-state index in [4.69, 9.17) is 15.2 Å². The predicted octanol–water partition coefficient (Wildman–Crippen LogP) is 1.86. The van der Waals surface area contributed by atoms with Crippen LogP contribution in [0.15, 0.2) is 21.7 Å². The van der Waals surface area contributed by atoms with E-state index < -0.39 is 6.03 Å². The monoisotopic (exact) mass is 315 g/mol. The lowest BCUT2D eigenvalue weighted by Gasteiger charge is -2.11. The lowest BCUT2D eigenvalue weighted by Crippen LogP contribution is -2.24. The van der Waals surface area contributed by atoms with E-state index >= 15 is 0 Å². The number of amides is 2. The van der Waals surface area contributed by atoms with E-state index in [0.29, 0.717) is 18.1 Å². The Hall–Kier alpha value is -1.76. The molecule has 0 aliphatic rings. The maximum Gasteiger partial charge on any atom is 0.332 e. The summed E-state index contributed by atoms with van der Waals surface area (Å²) in [5, 5.41) is 3.67. The molecule has 0 spiro atoms. The standard InChI is InChI=1S/C11H14BrN3O3/c1-3-18-10-8(12)4-7(5-9(10)17-2)6-14-15-11(13)16/h4-6H,3H2,1-2H3,(H3,13,15,16)/b14-6-. The maximum atomic E-state index is 10.5. The average Bonchev–Trinajstić information content (AvgIpc) is 2.31. The van der Waals surface area contributed by atoms with Gasteiger partial charge in [-0.15, -0.1) is 0 Å². The molecule has 0 aromatic heterocycles. The summed E-state index contributed by atoms with van der Waals surface area (Å²) in [4.78, 5) is 10.5. The molecule has 0 fully saturated rings. The van der Waals surface area contributed by atoms with Crippen molar-refractivity contribution >= 4 is 28.2 Å². The molecule has 6 nitrogen and oxygen atoms in total. The lowest BCUT2D eigenvalue weighted by molar-refractivity contribution is 0.249. The number of ether oxygens (including phenoxy) is 2. The lowest BCUT2D eigenvalue weighted by atomic mass is 10.2. The zero-order valence-corrected chi connectivity index (χ0v) is 11.7. The average molecular weight is 316 g/mol. The number of primary amides is 1. The minimum atomic E-state index is -0.719. The summed E-state index contributed by atoms with van der Waals surface area (Å²) < 4.78 is 11.4. The molecule has 0 aliphatic heterocycles. The van der Waals surface area contributed by atoms with Crippen molar-refractivity contribution in [2.75, 3.05) is 13.7 Å². The van der Waals surface area contributed by atoms with Gasteiger partial charge in [-0.3, -0.25) is 0 Å². The number of rotatable bonds is 5. The Morgan fingerprint density at radius 3 is 2.89 bits per heavy atom. The Labute approximate surface area is 113 Å². The van der Waals surface area contributed by atoms with Gasteiger partial charge in [0.15, 0.2) is 11.5 Å². The molecule has 0 saturated carbocycles. The van der Waals surface area contributed by atoms with E-state index in [9.17, 15) is 4.79 Å². The van der Waals surface area contributed by atoms with E-state index in [-0.39, 0.29) is 0 Å². The summed E-state index contributed by atoms with van der Waals surface area (Å²) in [7, 11) is 1.55. The van der Waals surface area contributed by atoms with Crippen LogP contribution in [0.1, 0.15) is 12.5 Å². The largest absolute Gasteiger partial charge is 0.493 e. The van der Waals surface area contributed by atoms with Crippen molar-refractivity contribution in [2.24, 2.45) is 10.8 Å². The van der Waals surface area contributed by atoms with Crippen LogP contribution in [0.2, 0.25) is 0 Å². The fourth-order valence-corrected chi connectivity index (χ4v) is 1.84. The maximum absolute atomic E-state index is 10.5. The van der Waals surface area contributed by atoms with Crippen LogP contribution >= 0.6 is 15.9 Å². The van der Waals surface area contributed by atoms with Crippen molar-refractivity contribution in [3.05, 3.63) is 22.2 Å². The van der Waals surface area contributed by atoms with Crippen LogP contribution in [0.4, 0.5) is 4.79 Å². The highest BCUT2D eigenvalue weighted by Crippen LogP contribution is 2.36. The Bertz CT molecular complexity index is 463. The highest BCUT2D eigenvalue weighted by atomic mass is 79.9. The Morgan fingerprint density at radius 2 is 2.33 bits per heavy atom.